The summed E-state index contributed by atoms with van der Waals surface area (Å²) < 4.78 is 0. The summed E-state index contributed by atoms with van der Waals surface area (Å²) in [6, 6.07) is 0. The van der Waals surface area contributed by atoms with Crippen LogP contribution in [0.25, 0.3) is 0 Å². The monoisotopic (exact) mass is 218 g/mol. The van der Waals surface area contributed by atoms with Crippen LogP contribution < -0.4 is 0 Å². The molecule has 0 spiro atoms. The average Bonchev–Trinajstić information content (AvgIpc) is 2.78. The van der Waals surface area contributed by atoms with E-state index in [9.17, 15) is 0 Å². The molecular formula is C13H18N2O. The molecule has 0 unspecified atom stereocenters. The number of hydrogen-bond donors (Lipinski definition) is 0. The van der Waals surface area contributed by atoms with Gasteiger partial charge in [0.2, 0.25) is 0 Å². The molecule has 1 heterocycles. The van der Waals surface area contributed by atoms with E-state index in [2.05, 4.69) is 28.9 Å². The number of hydrogen-bond acceptors (Lipinski definition) is 3. The third kappa shape index (κ3) is 2.46. The van der Waals surface area contributed by atoms with Gasteiger partial charge >= 0.3 is 0 Å². The van der Waals surface area contributed by atoms with Gasteiger partial charge in [-0.1, -0.05) is 5.92 Å². The maximum absolute atomic E-state index is 5.21. The highest BCUT2D eigenvalue weighted by Crippen LogP contribution is 2.22. The lowest BCUT2D eigenvalue weighted by Crippen LogP contribution is -2.44. The first-order chi connectivity index (χ1) is 7.83. The first-order valence-electron chi connectivity index (χ1n) is 5.70. The minimum atomic E-state index is 0.975. The largest absolute Gasteiger partial charge is 0.372 e. The van der Waals surface area contributed by atoms with Gasteiger partial charge in [-0.15, -0.1) is 5.92 Å². The molecule has 1 fully saturated rings. The van der Waals surface area contributed by atoms with Crippen molar-refractivity contribution in [3.8, 4) is 11.8 Å². The number of nitrogens with zero attached hydrogens (tertiary/aromatic N) is 2. The normalized spacial score (nSPS) is 21.2. The second-order valence-electron chi connectivity index (χ2n) is 4.00. The Morgan fingerprint density at radius 3 is 2.56 bits per heavy atom. The molecule has 0 aromatic carbocycles. The number of allylic oxidation sites excluding steroid dienone is 3. The third-order valence-electron chi connectivity index (χ3n) is 3.04. The van der Waals surface area contributed by atoms with Gasteiger partial charge in [-0.2, -0.15) is 5.06 Å². The summed E-state index contributed by atoms with van der Waals surface area (Å²) in [5.74, 6) is 6.08. The van der Waals surface area contributed by atoms with E-state index in [1.54, 1.807) is 7.11 Å². The number of hydroxylamine groups is 2. The van der Waals surface area contributed by atoms with Crippen LogP contribution in [0.3, 0.4) is 0 Å². The van der Waals surface area contributed by atoms with Crippen LogP contribution in [0.1, 0.15) is 13.3 Å². The molecule has 0 saturated carbocycles. The molecule has 1 saturated heterocycles. The summed E-state index contributed by atoms with van der Waals surface area (Å²) in [5.41, 5.74) is 2.63. The molecule has 2 aliphatic rings. The van der Waals surface area contributed by atoms with Crippen molar-refractivity contribution in [2.24, 2.45) is 0 Å². The second-order valence-corrected chi connectivity index (χ2v) is 4.00. The molecule has 0 bridgehead atoms. The van der Waals surface area contributed by atoms with E-state index in [-0.39, 0.29) is 0 Å². The maximum atomic E-state index is 5.21. The van der Waals surface area contributed by atoms with Gasteiger partial charge < -0.3 is 9.74 Å². The molecule has 3 nitrogen and oxygen atoms in total. The Morgan fingerprint density at radius 2 is 1.94 bits per heavy atom. The van der Waals surface area contributed by atoms with Gasteiger partial charge in [0.25, 0.3) is 0 Å². The molecule has 0 aromatic rings. The molecule has 1 aliphatic carbocycles. The molecule has 2 rings (SSSR count). The highest BCUT2D eigenvalue weighted by molar-refractivity contribution is 5.41. The van der Waals surface area contributed by atoms with Gasteiger partial charge in [-0.3, -0.25) is 0 Å². The van der Waals surface area contributed by atoms with Crippen LogP contribution in [0.4, 0.5) is 0 Å². The van der Waals surface area contributed by atoms with E-state index in [0.717, 1.165) is 32.6 Å². The highest BCUT2D eigenvalue weighted by atomic mass is 16.7. The lowest BCUT2D eigenvalue weighted by atomic mass is 10.2. The molecule has 0 amide bonds. The van der Waals surface area contributed by atoms with E-state index in [1.165, 1.54) is 11.3 Å². The van der Waals surface area contributed by atoms with Gasteiger partial charge in [0.05, 0.1) is 7.11 Å². The smallest absolute Gasteiger partial charge is 0.0575 e. The topological polar surface area (TPSA) is 15.7 Å². The Morgan fingerprint density at radius 1 is 1.19 bits per heavy atom. The van der Waals surface area contributed by atoms with Crippen molar-refractivity contribution in [3.63, 3.8) is 0 Å². The summed E-state index contributed by atoms with van der Waals surface area (Å²) in [6.07, 6.45) is 5.32. The first kappa shape index (κ1) is 11.3. The average molecular weight is 218 g/mol. The van der Waals surface area contributed by atoms with Gasteiger partial charge in [0, 0.05) is 43.9 Å². The van der Waals surface area contributed by atoms with Gasteiger partial charge in [-0.05, 0) is 19.1 Å². The minimum absolute atomic E-state index is 0.975. The van der Waals surface area contributed by atoms with Crippen molar-refractivity contribution in [3.05, 3.63) is 23.4 Å². The summed E-state index contributed by atoms with van der Waals surface area (Å²) in [7, 11) is 1.74. The molecule has 0 atom stereocenters. The van der Waals surface area contributed by atoms with Crippen molar-refractivity contribution >= 4 is 0 Å². The highest BCUT2D eigenvalue weighted by Gasteiger charge is 2.20. The molecule has 0 aromatic heterocycles. The van der Waals surface area contributed by atoms with Crippen molar-refractivity contribution in [1.29, 1.82) is 0 Å². The first-order valence-corrected chi connectivity index (χ1v) is 5.70. The quantitative estimate of drug-likeness (QED) is 0.652. The lowest BCUT2D eigenvalue weighted by Gasteiger charge is -2.35. The van der Waals surface area contributed by atoms with Crippen LogP contribution in [0, 0.1) is 11.8 Å². The van der Waals surface area contributed by atoms with Crippen LogP contribution in [0.5, 0.6) is 0 Å². The van der Waals surface area contributed by atoms with E-state index < -0.39 is 0 Å². The Labute approximate surface area is 97.3 Å². The van der Waals surface area contributed by atoms with Crippen molar-refractivity contribution in [2.45, 2.75) is 13.3 Å². The standard InChI is InChI=1S/C13H18N2O/c1-3-4-12-5-6-13(11-12)14-7-9-15(16-2)10-8-14/h5-6H,7-11H2,1-2H3. The van der Waals surface area contributed by atoms with Crippen molar-refractivity contribution in [2.75, 3.05) is 33.3 Å². The van der Waals surface area contributed by atoms with Gasteiger partial charge in [-0.25, -0.2) is 0 Å². The van der Waals surface area contributed by atoms with Crippen LogP contribution in [0.15, 0.2) is 23.4 Å². The number of piperazine rings is 1. The molecule has 0 radical (unpaired) electrons. The molecule has 86 valence electrons. The summed E-state index contributed by atoms with van der Waals surface area (Å²) in [5, 5.41) is 2.01. The fourth-order valence-electron chi connectivity index (χ4n) is 2.13. The Bertz CT molecular complexity index is 365. The van der Waals surface area contributed by atoms with E-state index in [4.69, 9.17) is 4.84 Å². The lowest BCUT2D eigenvalue weighted by molar-refractivity contribution is -0.148. The zero-order chi connectivity index (χ0) is 11.4. The SMILES string of the molecule is CC#CC1=CC=C(N2CCN(OC)CC2)C1. The molecule has 3 heteroatoms. The number of rotatable bonds is 2. The van der Waals surface area contributed by atoms with E-state index in [0.29, 0.717) is 0 Å². The van der Waals surface area contributed by atoms with Gasteiger partial charge in [0.15, 0.2) is 0 Å². The Kier molecular flexibility index (Phi) is 3.66. The van der Waals surface area contributed by atoms with Crippen LogP contribution in [-0.2, 0) is 4.84 Å². The van der Waals surface area contributed by atoms with Crippen LogP contribution in [0.2, 0.25) is 0 Å². The molecule has 0 N–H and O–H groups in total. The third-order valence-corrected chi connectivity index (χ3v) is 3.04. The fraction of sp³-hybridized carbons (Fsp3) is 0.538. The van der Waals surface area contributed by atoms with Gasteiger partial charge in [0.1, 0.15) is 0 Å². The Hall–Kier alpha value is -1.24. The maximum Gasteiger partial charge on any atom is 0.0575 e. The zero-order valence-corrected chi connectivity index (χ0v) is 9.99. The van der Waals surface area contributed by atoms with Crippen molar-refractivity contribution in [1.82, 2.24) is 9.96 Å². The minimum Gasteiger partial charge on any atom is -0.372 e. The predicted molar refractivity (Wildman–Crippen MR) is 64.4 cm³/mol. The molecular weight excluding hydrogens is 200 g/mol. The van der Waals surface area contributed by atoms with E-state index >= 15 is 0 Å². The fourth-order valence-corrected chi connectivity index (χ4v) is 2.13. The molecule has 16 heavy (non-hydrogen) atoms. The van der Waals surface area contributed by atoms with Crippen molar-refractivity contribution < 1.29 is 4.84 Å². The zero-order valence-electron chi connectivity index (χ0n) is 9.99. The second kappa shape index (κ2) is 5.20. The predicted octanol–water partition coefficient (Wildman–Crippen LogP) is 1.40. The van der Waals surface area contributed by atoms with E-state index in [1.807, 2.05) is 12.0 Å². The summed E-state index contributed by atoms with van der Waals surface area (Å²) in [4.78, 5) is 7.64. The summed E-state index contributed by atoms with van der Waals surface area (Å²) in [6.45, 7) is 5.92. The Balaban J connectivity index is 1.85. The summed E-state index contributed by atoms with van der Waals surface area (Å²) >= 11 is 0. The molecule has 1 aliphatic heterocycles. The van der Waals surface area contributed by atoms with Crippen LogP contribution >= 0.6 is 0 Å². The van der Waals surface area contributed by atoms with Crippen LogP contribution in [-0.4, -0.2) is 43.3 Å².